The van der Waals surface area contributed by atoms with E-state index in [0.717, 1.165) is 0 Å². The van der Waals surface area contributed by atoms with Crippen molar-refractivity contribution in [3.05, 3.63) is 70.4 Å². The van der Waals surface area contributed by atoms with Gasteiger partial charge in [0, 0.05) is 11.8 Å². The highest BCUT2D eigenvalue weighted by Crippen LogP contribution is 2.46. The maximum absolute atomic E-state index is 13.6. The van der Waals surface area contributed by atoms with E-state index in [1.54, 1.807) is 62.5 Å². The normalized spacial score (nSPS) is 18.3. The van der Waals surface area contributed by atoms with E-state index in [1.807, 2.05) is 6.07 Å². The molecule has 0 spiro atoms. The second kappa shape index (κ2) is 10.6. The number of esters is 2. The highest BCUT2D eigenvalue weighted by molar-refractivity contribution is 8.05. The average Bonchev–Trinajstić information content (AvgIpc) is 3.16. The van der Waals surface area contributed by atoms with Gasteiger partial charge in [-0.2, -0.15) is 0 Å². The summed E-state index contributed by atoms with van der Waals surface area (Å²) in [6.07, 6.45) is 3.33. The molecule has 1 aromatic heterocycles. The van der Waals surface area contributed by atoms with Crippen molar-refractivity contribution in [2.75, 3.05) is 20.3 Å². The van der Waals surface area contributed by atoms with Gasteiger partial charge in [-0.1, -0.05) is 30.0 Å². The Morgan fingerprint density at radius 2 is 1.94 bits per heavy atom. The van der Waals surface area contributed by atoms with Gasteiger partial charge in [0.15, 0.2) is 12.1 Å². The Labute approximate surface area is 206 Å². The molecule has 0 saturated carbocycles. The molecule has 2 aliphatic rings. The van der Waals surface area contributed by atoms with Crippen molar-refractivity contribution in [3.63, 3.8) is 0 Å². The fourth-order valence-corrected chi connectivity index (χ4v) is 4.82. The number of carbonyl (C=O) groups is 3. The number of rotatable bonds is 7. The van der Waals surface area contributed by atoms with Crippen LogP contribution in [0.4, 0.5) is 0 Å². The lowest BCUT2D eigenvalue weighted by atomic mass is 9.99. The van der Waals surface area contributed by atoms with Crippen LogP contribution in [0.3, 0.4) is 0 Å². The lowest BCUT2D eigenvalue weighted by Gasteiger charge is -2.31. The highest BCUT2D eigenvalue weighted by atomic mass is 32.2. The number of benzene rings is 1. The third-order valence-electron chi connectivity index (χ3n) is 5.18. The second-order valence-electron chi connectivity index (χ2n) is 7.40. The summed E-state index contributed by atoms with van der Waals surface area (Å²) in [5.41, 5.74) is 1.32. The number of aromatic nitrogens is 1. The van der Waals surface area contributed by atoms with Gasteiger partial charge in [-0.05, 0) is 44.2 Å². The van der Waals surface area contributed by atoms with Gasteiger partial charge in [-0.3, -0.25) is 19.7 Å². The van der Waals surface area contributed by atoms with E-state index in [0.29, 0.717) is 33.3 Å². The number of aliphatic imine (C=N–C) groups is 1. The SMILES string of the molecule is CCOC(=O)COc1ccccc1C1=C(C(=O)OC)C(C)=NC2S/C(=C\c3ccccn3)C(=O)N12. The maximum Gasteiger partial charge on any atom is 0.344 e. The molecule has 3 heterocycles. The molecule has 2 aromatic rings. The smallest absolute Gasteiger partial charge is 0.344 e. The van der Waals surface area contributed by atoms with Crippen LogP contribution in [-0.4, -0.2) is 59.3 Å². The first-order valence-electron chi connectivity index (χ1n) is 10.8. The van der Waals surface area contributed by atoms with Crippen LogP contribution in [0.25, 0.3) is 11.8 Å². The van der Waals surface area contributed by atoms with Gasteiger partial charge in [0.25, 0.3) is 5.91 Å². The van der Waals surface area contributed by atoms with Gasteiger partial charge < -0.3 is 14.2 Å². The van der Waals surface area contributed by atoms with Crippen molar-refractivity contribution in [1.29, 1.82) is 0 Å². The lowest BCUT2D eigenvalue weighted by molar-refractivity contribution is -0.145. The molecule has 4 rings (SSSR count). The zero-order chi connectivity index (χ0) is 24.9. The van der Waals surface area contributed by atoms with Crippen LogP contribution in [0.2, 0.25) is 0 Å². The molecule has 9 nitrogen and oxygen atoms in total. The van der Waals surface area contributed by atoms with Gasteiger partial charge in [0.05, 0.1) is 35.7 Å². The number of para-hydroxylation sites is 1. The number of methoxy groups -OCH3 is 1. The minimum Gasteiger partial charge on any atom is -0.481 e. The minimum absolute atomic E-state index is 0.143. The summed E-state index contributed by atoms with van der Waals surface area (Å²) in [7, 11) is 1.27. The first kappa shape index (κ1) is 24.2. The predicted octanol–water partition coefficient (Wildman–Crippen LogP) is 3.28. The van der Waals surface area contributed by atoms with Crippen LogP contribution in [0.1, 0.15) is 25.1 Å². The van der Waals surface area contributed by atoms with Crippen LogP contribution in [0.5, 0.6) is 5.75 Å². The molecule has 1 fully saturated rings. The third-order valence-corrected chi connectivity index (χ3v) is 6.25. The number of carbonyl (C=O) groups excluding carboxylic acids is 3. The molecule has 1 atom stereocenters. The second-order valence-corrected chi connectivity index (χ2v) is 8.50. The quantitative estimate of drug-likeness (QED) is 0.427. The van der Waals surface area contributed by atoms with Gasteiger partial charge >= 0.3 is 11.9 Å². The summed E-state index contributed by atoms with van der Waals surface area (Å²) in [4.78, 5) is 49.1. The Hall–Kier alpha value is -3.92. The van der Waals surface area contributed by atoms with Crippen molar-refractivity contribution < 1.29 is 28.6 Å². The van der Waals surface area contributed by atoms with E-state index in [4.69, 9.17) is 14.2 Å². The van der Waals surface area contributed by atoms with E-state index >= 15 is 0 Å². The zero-order valence-electron chi connectivity index (χ0n) is 19.4. The van der Waals surface area contributed by atoms with Crippen molar-refractivity contribution >= 4 is 47.1 Å². The number of hydrogen-bond acceptors (Lipinski definition) is 9. The maximum atomic E-state index is 13.6. The average molecular weight is 494 g/mol. The molecule has 180 valence electrons. The lowest BCUT2D eigenvalue weighted by Crippen LogP contribution is -2.37. The fraction of sp³-hybridized carbons (Fsp3) is 0.240. The highest BCUT2D eigenvalue weighted by Gasteiger charge is 2.45. The molecule has 0 radical (unpaired) electrons. The van der Waals surface area contributed by atoms with Crippen LogP contribution < -0.4 is 4.74 Å². The molecule has 1 unspecified atom stereocenters. The summed E-state index contributed by atoms with van der Waals surface area (Å²) < 4.78 is 15.7. The van der Waals surface area contributed by atoms with Crippen molar-refractivity contribution in [1.82, 2.24) is 9.88 Å². The third kappa shape index (κ3) is 4.97. The molecule has 0 N–H and O–H groups in total. The van der Waals surface area contributed by atoms with Crippen molar-refractivity contribution in [2.24, 2.45) is 4.99 Å². The van der Waals surface area contributed by atoms with E-state index in [-0.39, 0.29) is 24.7 Å². The first-order valence-corrected chi connectivity index (χ1v) is 11.7. The fourth-order valence-electron chi connectivity index (χ4n) is 3.68. The van der Waals surface area contributed by atoms with Crippen LogP contribution in [-0.2, 0) is 23.9 Å². The minimum atomic E-state index is -0.639. The Kier molecular flexibility index (Phi) is 7.31. The number of hydrogen-bond donors (Lipinski definition) is 0. The molecule has 1 saturated heterocycles. The van der Waals surface area contributed by atoms with Gasteiger partial charge in [0.1, 0.15) is 11.3 Å². The topological polar surface area (TPSA) is 107 Å². The number of fused-ring (bicyclic) bond motifs is 1. The zero-order valence-corrected chi connectivity index (χ0v) is 20.2. The Morgan fingerprint density at radius 3 is 2.66 bits per heavy atom. The van der Waals surface area contributed by atoms with Gasteiger partial charge in [-0.25, -0.2) is 9.59 Å². The Balaban J connectivity index is 1.81. The largest absolute Gasteiger partial charge is 0.481 e. The monoisotopic (exact) mass is 493 g/mol. The molecule has 0 bridgehead atoms. The van der Waals surface area contributed by atoms with E-state index in [2.05, 4.69) is 9.98 Å². The molecule has 0 aliphatic carbocycles. The Morgan fingerprint density at radius 1 is 1.17 bits per heavy atom. The van der Waals surface area contributed by atoms with Gasteiger partial charge in [-0.15, -0.1) is 0 Å². The van der Waals surface area contributed by atoms with E-state index < -0.39 is 17.4 Å². The molecule has 35 heavy (non-hydrogen) atoms. The molecule has 1 aromatic carbocycles. The summed E-state index contributed by atoms with van der Waals surface area (Å²) in [6, 6.07) is 12.3. The standard InChI is InChI=1S/C25H23N3O6S/c1-4-33-20(29)14-34-18-11-6-5-10-17(18)22-21(24(31)32-3)15(2)27-25-28(22)23(30)19(35-25)13-16-9-7-8-12-26-16/h5-13,25H,4,14H2,1-3H3/b19-13-. The van der Waals surface area contributed by atoms with Crippen LogP contribution in [0, 0.1) is 0 Å². The molecular weight excluding hydrogens is 470 g/mol. The molecule has 1 amide bonds. The summed E-state index contributed by atoms with van der Waals surface area (Å²) in [5.74, 6) is -1.19. The predicted molar refractivity (Wildman–Crippen MR) is 131 cm³/mol. The number of thioether (sulfide) groups is 1. The van der Waals surface area contributed by atoms with E-state index in [9.17, 15) is 14.4 Å². The summed E-state index contributed by atoms with van der Waals surface area (Å²) in [5, 5.41) is 0. The van der Waals surface area contributed by atoms with Crippen LogP contribution >= 0.6 is 11.8 Å². The summed E-state index contributed by atoms with van der Waals surface area (Å²) >= 11 is 1.26. The number of amides is 1. The Bertz CT molecular complexity index is 1250. The number of ether oxygens (including phenoxy) is 3. The number of nitrogens with zero attached hydrogens (tertiary/aromatic N) is 3. The first-order chi connectivity index (χ1) is 16.9. The van der Waals surface area contributed by atoms with Crippen LogP contribution in [0.15, 0.2) is 64.1 Å². The van der Waals surface area contributed by atoms with Gasteiger partial charge in [0.2, 0.25) is 0 Å². The number of pyridine rings is 1. The molecule has 10 heteroatoms. The van der Waals surface area contributed by atoms with Crippen molar-refractivity contribution in [3.8, 4) is 5.75 Å². The van der Waals surface area contributed by atoms with Crippen molar-refractivity contribution in [2.45, 2.75) is 19.3 Å². The molecular formula is C25H23N3O6S. The van der Waals surface area contributed by atoms with E-state index in [1.165, 1.54) is 23.8 Å². The summed E-state index contributed by atoms with van der Waals surface area (Å²) in [6.45, 7) is 3.30. The molecule has 2 aliphatic heterocycles.